The van der Waals surface area contributed by atoms with Gasteiger partial charge < -0.3 is 19.9 Å². The Labute approximate surface area is 88.8 Å². The van der Waals surface area contributed by atoms with Crippen LogP contribution in [-0.2, 0) is 0 Å². The molecular weight excluding hydrogens is 194 g/mol. The van der Waals surface area contributed by atoms with Gasteiger partial charge >= 0.3 is 0 Å². The summed E-state index contributed by atoms with van der Waals surface area (Å²) in [7, 11) is 1.80. The predicted molar refractivity (Wildman–Crippen MR) is 56.2 cm³/mol. The Balaban J connectivity index is 2.40. The maximum atomic E-state index is 9.97. The number of aliphatic hydroxyl groups is 1. The molecular formula is C11H15NO3. The van der Waals surface area contributed by atoms with Gasteiger partial charge in [-0.25, -0.2) is 0 Å². The molecule has 2 N–H and O–H groups in total. The van der Waals surface area contributed by atoms with Crippen LogP contribution in [0.1, 0.15) is 17.2 Å². The maximum Gasteiger partial charge on any atom is 0.231 e. The van der Waals surface area contributed by atoms with Crippen LogP contribution in [0.2, 0.25) is 0 Å². The first kappa shape index (κ1) is 10.3. The molecule has 15 heavy (non-hydrogen) atoms. The Hall–Kier alpha value is -1.26. The average Bonchev–Trinajstić information content (AvgIpc) is 2.65. The second-order valence-corrected chi connectivity index (χ2v) is 3.60. The van der Waals surface area contributed by atoms with E-state index in [4.69, 9.17) is 9.47 Å². The van der Waals surface area contributed by atoms with Crippen molar-refractivity contribution in [1.82, 2.24) is 5.32 Å². The number of ether oxygens (including phenoxy) is 2. The van der Waals surface area contributed by atoms with E-state index in [0.29, 0.717) is 18.0 Å². The smallest absolute Gasteiger partial charge is 0.231 e. The molecule has 1 atom stereocenters. The van der Waals surface area contributed by atoms with Gasteiger partial charge in [-0.05, 0) is 25.6 Å². The van der Waals surface area contributed by atoms with Crippen molar-refractivity contribution in [2.24, 2.45) is 0 Å². The third-order valence-electron chi connectivity index (χ3n) is 2.53. The molecule has 0 aliphatic carbocycles. The minimum atomic E-state index is -0.563. The third kappa shape index (κ3) is 1.78. The van der Waals surface area contributed by atoms with E-state index in [9.17, 15) is 5.11 Å². The molecule has 1 unspecified atom stereocenters. The number of rotatable bonds is 3. The van der Waals surface area contributed by atoms with Crippen LogP contribution >= 0.6 is 0 Å². The van der Waals surface area contributed by atoms with E-state index in [0.717, 1.165) is 11.1 Å². The van der Waals surface area contributed by atoms with Crippen molar-refractivity contribution in [1.29, 1.82) is 0 Å². The van der Waals surface area contributed by atoms with E-state index in [2.05, 4.69) is 5.32 Å². The van der Waals surface area contributed by atoms with Crippen molar-refractivity contribution in [3.63, 3.8) is 0 Å². The van der Waals surface area contributed by atoms with Gasteiger partial charge in [-0.2, -0.15) is 0 Å². The topological polar surface area (TPSA) is 50.7 Å². The molecule has 0 aromatic heterocycles. The molecule has 1 aliphatic heterocycles. The molecule has 0 radical (unpaired) electrons. The van der Waals surface area contributed by atoms with Crippen molar-refractivity contribution in [2.45, 2.75) is 13.0 Å². The highest BCUT2D eigenvalue weighted by molar-refractivity contribution is 5.52. The zero-order chi connectivity index (χ0) is 10.8. The monoisotopic (exact) mass is 209 g/mol. The van der Waals surface area contributed by atoms with Gasteiger partial charge in [-0.3, -0.25) is 0 Å². The predicted octanol–water partition coefficient (Wildman–Crippen LogP) is 0.977. The Morgan fingerprint density at radius 2 is 2.27 bits per heavy atom. The molecule has 4 heteroatoms. The Morgan fingerprint density at radius 3 is 3.00 bits per heavy atom. The van der Waals surface area contributed by atoms with Crippen LogP contribution in [0.15, 0.2) is 12.1 Å². The maximum absolute atomic E-state index is 9.97. The van der Waals surface area contributed by atoms with Crippen LogP contribution in [0.4, 0.5) is 0 Å². The SMILES string of the molecule is CNCC(O)c1c(C)ccc2c1OCO2. The minimum absolute atomic E-state index is 0.234. The summed E-state index contributed by atoms with van der Waals surface area (Å²) in [5, 5.41) is 12.9. The number of aliphatic hydroxyl groups excluding tert-OH is 1. The summed E-state index contributed by atoms with van der Waals surface area (Å²) in [5.41, 5.74) is 1.83. The fourth-order valence-electron chi connectivity index (χ4n) is 1.80. The minimum Gasteiger partial charge on any atom is -0.454 e. The van der Waals surface area contributed by atoms with Crippen molar-refractivity contribution in [3.05, 3.63) is 23.3 Å². The van der Waals surface area contributed by atoms with Crippen LogP contribution in [0.3, 0.4) is 0 Å². The number of hydrogen-bond donors (Lipinski definition) is 2. The number of likely N-dealkylation sites (N-methyl/N-ethyl adjacent to an activating group) is 1. The first-order valence-corrected chi connectivity index (χ1v) is 4.95. The zero-order valence-electron chi connectivity index (χ0n) is 8.91. The van der Waals surface area contributed by atoms with Crippen molar-refractivity contribution in [3.8, 4) is 11.5 Å². The summed E-state index contributed by atoms with van der Waals surface area (Å²) in [6.45, 7) is 2.69. The summed E-state index contributed by atoms with van der Waals surface area (Å²) in [5.74, 6) is 1.39. The van der Waals surface area contributed by atoms with Gasteiger partial charge in [0.05, 0.1) is 6.10 Å². The number of nitrogens with one attached hydrogen (secondary N) is 1. The highest BCUT2D eigenvalue weighted by Crippen LogP contribution is 2.40. The summed E-state index contributed by atoms with van der Waals surface area (Å²) < 4.78 is 10.6. The zero-order valence-corrected chi connectivity index (χ0v) is 8.91. The first-order chi connectivity index (χ1) is 7.24. The van der Waals surface area contributed by atoms with Crippen LogP contribution in [0, 0.1) is 6.92 Å². The Bertz CT molecular complexity index is 365. The normalized spacial score (nSPS) is 15.4. The van der Waals surface area contributed by atoms with Crippen molar-refractivity contribution in [2.75, 3.05) is 20.4 Å². The molecule has 0 amide bonds. The van der Waals surface area contributed by atoms with E-state index >= 15 is 0 Å². The second kappa shape index (κ2) is 4.08. The molecule has 1 aromatic carbocycles. The molecule has 0 saturated heterocycles. The lowest BCUT2D eigenvalue weighted by Gasteiger charge is -2.15. The van der Waals surface area contributed by atoms with Gasteiger partial charge in [0.1, 0.15) is 0 Å². The fourth-order valence-corrected chi connectivity index (χ4v) is 1.80. The highest BCUT2D eigenvalue weighted by atomic mass is 16.7. The summed E-state index contributed by atoms with van der Waals surface area (Å²) in [6, 6.07) is 3.80. The molecule has 1 heterocycles. The van der Waals surface area contributed by atoms with E-state index in [1.54, 1.807) is 7.05 Å². The van der Waals surface area contributed by atoms with E-state index in [1.807, 2.05) is 19.1 Å². The van der Waals surface area contributed by atoms with E-state index in [1.165, 1.54) is 0 Å². The lowest BCUT2D eigenvalue weighted by atomic mass is 10.0. The van der Waals surface area contributed by atoms with Crippen LogP contribution in [0.25, 0.3) is 0 Å². The molecule has 82 valence electrons. The van der Waals surface area contributed by atoms with Gasteiger partial charge in [0.25, 0.3) is 0 Å². The summed E-state index contributed by atoms with van der Waals surface area (Å²) in [6.07, 6.45) is -0.563. The highest BCUT2D eigenvalue weighted by Gasteiger charge is 2.23. The summed E-state index contributed by atoms with van der Waals surface area (Å²) >= 11 is 0. The quantitative estimate of drug-likeness (QED) is 0.779. The number of hydrogen-bond acceptors (Lipinski definition) is 4. The average molecular weight is 209 g/mol. The van der Waals surface area contributed by atoms with Crippen molar-refractivity contribution >= 4 is 0 Å². The van der Waals surface area contributed by atoms with Crippen LogP contribution in [-0.4, -0.2) is 25.5 Å². The molecule has 1 aromatic rings. The number of benzene rings is 1. The van der Waals surface area contributed by atoms with Crippen LogP contribution in [0.5, 0.6) is 11.5 Å². The number of aryl methyl sites for hydroxylation is 1. The van der Waals surface area contributed by atoms with Gasteiger partial charge in [0.15, 0.2) is 11.5 Å². The molecule has 4 nitrogen and oxygen atoms in total. The fraction of sp³-hybridized carbons (Fsp3) is 0.455. The third-order valence-corrected chi connectivity index (χ3v) is 2.53. The molecule has 0 spiro atoms. The Morgan fingerprint density at radius 1 is 1.47 bits per heavy atom. The summed E-state index contributed by atoms with van der Waals surface area (Å²) in [4.78, 5) is 0. The largest absolute Gasteiger partial charge is 0.454 e. The van der Waals surface area contributed by atoms with Crippen LogP contribution < -0.4 is 14.8 Å². The van der Waals surface area contributed by atoms with Gasteiger partial charge in [-0.1, -0.05) is 6.07 Å². The van der Waals surface area contributed by atoms with E-state index in [-0.39, 0.29) is 6.79 Å². The molecule has 1 aliphatic rings. The van der Waals surface area contributed by atoms with Gasteiger partial charge in [0.2, 0.25) is 6.79 Å². The lowest BCUT2D eigenvalue weighted by molar-refractivity contribution is 0.157. The molecule has 0 saturated carbocycles. The molecule has 0 bridgehead atoms. The second-order valence-electron chi connectivity index (χ2n) is 3.60. The Kier molecular flexibility index (Phi) is 2.79. The lowest BCUT2D eigenvalue weighted by Crippen LogP contribution is -2.17. The standard InChI is InChI=1S/C11H15NO3/c1-7-3-4-9-11(15-6-14-9)10(7)8(13)5-12-2/h3-4,8,12-13H,5-6H2,1-2H3. The first-order valence-electron chi connectivity index (χ1n) is 4.95. The van der Waals surface area contributed by atoms with E-state index < -0.39 is 6.10 Å². The number of fused-ring (bicyclic) bond motifs is 1. The molecule has 0 fully saturated rings. The van der Waals surface area contributed by atoms with Gasteiger partial charge in [0, 0.05) is 12.1 Å². The van der Waals surface area contributed by atoms with Gasteiger partial charge in [-0.15, -0.1) is 0 Å². The molecule has 2 rings (SSSR count). The van der Waals surface area contributed by atoms with Crippen molar-refractivity contribution < 1.29 is 14.6 Å².